The van der Waals surface area contributed by atoms with Gasteiger partial charge in [0.05, 0.1) is 7.11 Å². The Morgan fingerprint density at radius 2 is 2.00 bits per heavy atom. The monoisotopic (exact) mass is 332 g/mol. The molecule has 2 aromatic heterocycles. The summed E-state index contributed by atoms with van der Waals surface area (Å²) in [6.45, 7) is 1.67. The summed E-state index contributed by atoms with van der Waals surface area (Å²) >= 11 is 5.87. The standard InChI is InChI=1S/C15H13ClN4O3/c1-9-7-12(21)20-15(19(9)8-13(22)23-2)17-14(18-20)10-3-5-11(16)6-4-10/h3-7H,8H2,1-2H3. The lowest BCUT2D eigenvalue weighted by molar-refractivity contribution is -0.141. The summed E-state index contributed by atoms with van der Waals surface area (Å²) < 4.78 is 7.43. The fourth-order valence-corrected chi connectivity index (χ4v) is 2.34. The number of carbonyl (C=O) groups excluding carboxylic acids is 1. The molecule has 0 amide bonds. The highest BCUT2D eigenvalue weighted by Gasteiger charge is 2.15. The van der Waals surface area contributed by atoms with Gasteiger partial charge in [0.15, 0.2) is 5.82 Å². The molecule has 0 unspecified atom stereocenters. The first-order valence-corrected chi connectivity index (χ1v) is 7.17. The molecule has 118 valence electrons. The molecule has 3 aromatic rings. The van der Waals surface area contributed by atoms with Crippen LogP contribution in [-0.4, -0.2) is 32.2 Å². The molecule has 0 aliphatic rings. The second kappa shape index (κ2) is 5.85. The zero-order valence-electron chi connectivity index (χ0n) is 12.5. The molecule has 0 aliphatic heterocycles. The first kappa shape index (κ1) is 15.2. The van der Waals surface area contributed by atoms with Crippen LogP contribution in [-0.2, 0) is 16.1 Å². The molecule has 0 spiro atoms. The molecule has 0 aliphatic carbocycles. The Hall–Kier alpha value is -2.67. The maximum atomic E-state index is 12.1. The largest absolute Gasteiger partial charge is 0.468 e. The van der Waals surface area contributed by atoms with Crippen molar-refractivity contribution in [1.29, 1.82) is 0 Å². The van der Waals surface area contributed by atoms with Gasteiger partial charge in [0, 0.05) is 22.3 Å². The van der Waals surface area contributed by atoms with Gasteiger partial charge >= 0.3 is 5.97 Å². The minimum atomic E-state index is -0.435. The van der Waals surface area contributed by atoms with Gasteiger partial charge in [0.25, 0.3) is 5.56 Å². The number of rotatable bonds is 3. The minimum Gasteiger partial charge on any atom is -0.468 e. The second-order valence-corrected chi connectivity index (χ2v) is 5.38. The van der Waals surface area contributed by atoms with Gasteiger partial charge in [-0.15, -0.1) is 5.10 Å². The molecule has 2 heterocycles. The lowest BCUT2D eigenvalue weighted by Crippen LogP contribution is -2.23. The van der Waals surface area contributed by atoms with Crippen LogP contribution in [0.3, 0.4) is 0 Å². The fraction of sp³-hybridized carbons (Fsp3) is 0.200. The Bertz CT molecular complexity index is 944. The highest BCUT2D eigenvalue weighted by molar-refractivity contribution is 6.30. The Balaban J connectivity index is 2.19. The van der Waals surface area contributed by atoms with Gasteiger partial charge in [-0.25, -0.2) is 0 Å². The lowest BCUT2D eigenvalue weighted by atomic mass is 10.2. The maximum Gasteiger partial charge on any atom is 0.325 e. The van der Waals surface area contributed by atoms with Crippen molar-refractivity contribution in [2.45, 2.75) is 13.5 Å². The summed E-state index contributed by atoms with van der Waals surface area (Å²) in [5, 5.41) is 4.82. The molecule has 7 nitrogen and oxygen atoms in total. The number of esters is 1. The smallest absolute Gasteiger partial charge is 0.325 e. The molecule has 0 atom stereocenters. The molecule has 0 radical (unpaired) electrons. The van der Waals surface area contributed by atoms with Crippen LogP contribution in [0, 0.1) is 6.92 Å². The van der Waals surface area contributed by atoms with Gasteiger partial charge in [-0.2, -0.15) is 9.50 Å². The Kier molecular flexibility index (Phi) is 3.87. The van der Waals surface area contributed by atoms with Gasteiger partial charge in [0.1, 0.15) is 6.54 Å². The quantitative estimate of drug-likeness (QED) is 0.682. The molecule has 0 N–H and O–H groups in total. The number of aromatic nitrogens is 4. The molecular weight excluding hydrogens is 320 g/mol. The SMILES string of the molecule is COC(=O)Cn1c(C)cc(=O)n2nc(-c3ccc(Cl)cc3)nc12. The number of benzene rings is 1. The Morgan fingerprint density at radius 3 is 2.65 bits per heavy atom. The molecule has 23 heavy (non-hydrogen) atoms. The molecule has 0 bridgehead atoms. The molecule has 0 saturated heterocycles. The van der Waals surface area contributed by atoms with Crippen LogP contribution in [0.2, 0.25) is 5.02 Å². The summed E-state index contributed by atoms with van der Waals surface area (Å²) in [5.74, 6) is 0.225. The first-order chi connectivity index (χ1) is 11.0. The predicted molar refractivity (Wildman–Crippen MR) is 84.4 cm³/mol. The van der Waals surface area contributed by atoms with Gasteiger partial charge in [-0.1, -0.05) is 11.6 Å². The number of hydrogen-bond donors (Lipinski definition) is 0. The number of hydrogen-bond acceptors (Lipinski definition) is 5. The maximum absolute atomic E-state index is 12.1. The summed E-state index contributed by atoms with van der Waals surface area (Å²) in [6, 6.07) is 8.36. The highest BCUT2D eigenvalue weighted by Crippen LogP contribution is 2.19. The van der Waals surface area contributed by atoms with E-state index in [0.29, 0.717) is 16.5 Å². The van der Waals surface area contributed by atoms with E-state index >= 15 is 0 Å². The fourth-order valence-electron chi connectivity index (χ4n) is 2.21. The Labute approximate surface area is 136 Å². The van der Waals surface area contributed by atoms with Crippen molar-refractivity contribution < 1.29 is 9.53 Å². The van der Waals surface area contributed by atoms with Gasteiger partial charge in [0.2, 0.25) is 5.78 Å². The van der Waals surface area contributed by atoms with E-state index in [9.17, 15) is 9.59 Å². The van der Waals surface area contributed by atoms with Crippen molar-refractivity contribution in [2.75, 3.05) is 7.11 Å². The van der Waals surface area contributed by atoms with Crippen molar-refractivity contribution in [1.82, 2.24) is 19.2 Å². The number of ether oxygens (including phenoxy) is 1. The van der Waals surface area contributed by atoms with E-state index in [4.69, 9.17) is 11.6 Å². The second-order valence-electron chi connectivity index (χ2n) is 4.94. The first-order valence-electron chi connectivity index (χ1n) is 6.79. The van der Waals surface area contributed by atoms with E-state index in [0.717, 1.165) is 5.56 Å². The van der Waals surface area contributed by atoms with Crippen LogP contribution >= 0.6 is 11.6 Å². The van der Waals surface area contributed by atoms with Crippen molar-refractivity contribution in [3.63, 3.8) is 0 Å². The highest BCUT2D eigenvalue weighted by atomic mass is 35.5. The van der Waals surface area contributed by atoms with E-state index in [1.54, 1.807) is 35.8 Å². The molecule has 1 aromatic carbocycles. The summed E-state index contributed by atoms with van der Waals surface area (Å²) in [7, 11) is 1.31. The third-order valence-electron chi connectivity index (χ3n) is 3.42. The van der Waals surface area contributed by atoms with E-state index < -0.39 is 5.97 Å². The molecule has 3 rings (SSSR count). The van der Waals surface area contributed by atoms with Crippen molar-refractivity contribution in [3.05, 3.63) is 51.4 Å². The number of fused-ring (bicyclic) bond motifs is 1. The number of halogens is 1. The van der Waals surface area contributed by atoms with Crippen LogP contribution in [0.15, 0.2) is 35.1 Å². The van der Waals surface area contributed by atoms with Crippen LogP contribution in [0.4, 0.5) is 0 Å². The molecule has 8 heteroatoms. The van der Waals surface area contributed by atoms with E-state index in [2.05, 4.69) is 14.8 Å². The normalized spacial score (nSPS) is 10.9. The van der Waals surface area contributed by atoms with Crippen LogP contribution < -0.4 is 5.56 Å². The molecule has 0 saturated carbocycles. The van der Waals surface area contributed by atoms with Gasteiger partial charge in [-0.3, -0.25) is 9.59 Å². The summed E-state index contributed by atoms with van der Waals surface area (Å²) in [6.07, 6.45) is 0. The van der Waals surface area contributed by atoms with Gasteiger partial charge in [-0.05, 0) is 31.2 Å². The van der Waals surface area contributed by atoms with E-state index in [-0.39, 0.29) is 17.9 Å². The van der Waals surface area contributed by atoms with Crippen molar-refractivity contribution >= 4 is 23.3 Å². The van der Waals surface area contributed by atoms with E-state index in [1.807, 2.05) is 0 Å². The Morgan fingerprint density at radius 1 is 1.30 bits per heavy atom. The van der Waals surface area contributed by atoms with Crippen LogP contribution in [0.5, 0.6) is 0 Å². The number of methoxy groups -OCH3 is 1. The van der Waals surface area contributed by atoms with Crippen molar-refractivity contribution in [2.24, 2.45) is 0 Å². The minimum absolute atomic E-state index is 0.0507. The lowest BCUT2D eigenvalue weighted by Gasteiger charge is -2.09. The predicted octanol–water partition coefficient (Wildman–Crippen LogP) is 1.69. The number of aryl methyl sites for hydroxylation is 1. The van der Waals surface area contributed by atoms with Crippen LogP contribution in [0.25, 0.3) is 17.2 Å². The van der Waals surface area contributed by atoms with Gasteiger partial charge < -0.3 is 9.30 Å². The third-order valence-corrected chi connectivity index (χ3v) is 3.67. The topological polar surface area (TPSA) is 78.5 Å². The molecule has 0 fully saturated rings. The number of carbonyl (C=O) groups is 1. The molecular formula is C15H13ClN4O3. The van der Waals surface area contributed by atoms with Crippen molar-refractivity contribution in [3.8, 4) is 11.4 Å². The average Bonchev–Trinajstić information content (AvgIpc) is 2.97. The number of nitrogens with zero attached hydrogens (tertiary/aromatic N) is 4. The average molecular weight is 333 g/mol. The summed E-state index contributed by atoms with van der Waals surface area (Å²) in [5.41, 5.74) is 1.01. The summed E-state index contributed by atoms with van der Waals surface area (Å²) in [4.78, 5) is 28.1. The zero-order chi connectivity index (χ0) is 16.6. The van der Waals surface area contributed by atoms with Crippen LogP contribution in [0.1, 0.15) is 5.69 Å². The van der Waals surface area contributed by atoms with E-state index in [1.165, 1.54) is 17.7 Å². The zero-order valence-corrected chi connectivity index (χ0v) is 13.2. The third kappa shape index (κ3) is 2.83.